The summed E-state index contributed by atoms with van der Waals surface area (Å²) in [7, 11) is 0. The average molecular weight is 468 g/mol. The van der Waals surface area contributed by atoms with E-state index in [1.807, 2.05) is 19.1 Å². The summed E-state index contributed by atoms with van der Waals surface area (Å²) in [6, 6.07) is 13.9. The number of hydrogen-bond acceptors (Lipinski definition) is 5. The van der Waals surface area contributed by atoms with Gasteiger partial charge in [-0.05, 0) is 36.2 Å². The van der Waals surface area contributed by atoms with Gasteiger partial charge in [-0.15, -0.1) is 0 Å². The molecular formula is C23H27F3N2O5. The molecule has 1 aliphatic rings. The van der Waals surface area contributed by atoms with Gasteiger partial charge in [0.1, 0.15) is 5.75 Å². The summed E-state index contributed by atoms with van der Waals surface area (Å²) in [5, 5.41) is 14.8. The minimum absolute atomic E-state index is 0.340. The molecule has 1 heterocycles. The van der Waals surface area contributed by atoms with Gasteiger partial charge in [0, 0.05) is 39.3 Å². The Morgan fingerprint density at radius 2 is 1.39 bits per heavy atom. The molecule has 0 spiro atoms. The van der Waals surface area contributed by atoms with E-state index in [-0.39, 0.29) is 0 Å². The minimum atomic E-state index is -4.30. The summed E-state index contributed by atoms with van der Waals surface area (Å²) < 4.78 is 44.9. The number of halogens is 3. The molecule has 0 unspecified atom stereocenters. The number of nitrogens with zero attached hydrogens (tertiary/aromatic N) is 2. The van der Waals surface area contributed by atoms with Crippen LogP contribution in [0.3, 0.4) is 0 Å². The lowest BCUT2D eigenvalue weighted by atomic mass is 10.1. The number of carbonyl (C=O) groups is 2. The van der Waals surface area contributed by atoms with Crippen LogP contribution in [0.2, 0.25) is 0 Å². The molecule has 2 aromatic carbocycles. The third-order valence-corrected chi connectivity index (χ3v) is 5.01. The first-order valence-electron chi connectivity index (χ1n) is 10.4. The molecule has 0 amide bonds. The van der Waals surface area contributed by atoms with Crippen LogP contribution in [-0.4, -0.2) is 64.7 Å². The highest BCUT2D eigenvalue weighted by Gasteiger charge is 2.33. The maximum atomic E-state index is 13.1. The molecule has 1 fully saturated rings. The number of piperazine rings is 1. The average Bonchev–Trinajstić information content (AvgIpc) is 2.77. The summed E-state index contributed by atoms with van der Waals surface area (Å²) in [6.07, 6.45) is -4.30. The molecule has 33 heavy (non-hydrogen) atoms. The fourth-order valence-corrected chi connectivity index (χ4v) is 3.40. The molecule has 2 N–H and O–H groups in total. The van der Waals surface area contributed by atoms with Crippen LogP contribution in [-0.2, 0) is 28.9 Å². The Morgan fingerprint density at radius 1 is 0.879 bits per heavy atom. The predicted octanol–water partition coefficient (Wildman–Crippen LogP) is 3.58. The zero-order valence-electron chi connectivity index (χ0n) is 18.2. The van der Waals surface area contributed by atoms with E-state index >= 15 is 0 Å². The fourth-order valence-electron chi connectivity index (χ4n) is 3.40. The van der Waals surface area contributed by atoms with Crippen molar-refractivity contribution in [3.63, 3.8) is 0 Å². The highest BCUT2D eigenvalue weighted by atomic mass is 19.4. The predicted molar refractivity (Wildman–Crippen MR) is 115 cm³/mol. The van der Waals surface area contributed by atoms with Crippen LogP contribution in [0.15, 0.2) is 48.5 Å². The monoisotopic (exact) mass is 468 g/mol. The first-order chi connectivity index (χ1) is 15.6. The number of alkyl halides is 3. The first-order valence-corrected chi connectivity index (χ1v) is 10.4. The second-order valence-electron chi connectivity index (χ2n) is 7.39. The topological polar surface area (TPSA) is 90.3 Å². The van der Waals surface area contributed by atoms with Crippen LogP contribution >= 0.6 is 0 Å². The highest BCUT2D eigenvalue weighted by Crippen LogP contribution is 2.32. The molecule has 7 nitrogen and oxygen atoms in total. The van der Waals surface area contributed by atoms with Gasteiger partial charge in [-0.3, -0.25) is 9.80 Å². The third-order valence-electron chi connectivity index (χ3n) is 5.01. The Morgan fingerprint density at radius 3 is 1.88 bits per heavy atom. The summed E-state index contributed by atoms with van der Waals surface area (Å²) in [6.45, 7) is 7.03. The molecule has 0 saturated carbocycles. The Kier molecular flexibility index (Phi) is 9.68. The Labute approximate surface area is 190 Å². The zero-order chi connectivity index (χ0) is 24.4. The van der Waals surface area contributed by atoms with E-state index < -0.39 is 23.7 Å². The van der Waals surface area contributed by atoms with E-state index in [1.54, 1.807) is 12.1 Å². The molecule has 0 radical (unpaired) electrons. The van der Waals surface area contributed by atoms with E-state index in [1.165, 1.54) is 11.6 Å². The van der Waals surface area contributed by atoms with Crippen LogP contribution < -0.4 is 4.74 Å². The number of hydrogen-bond donors (Lipinski definition) is 2. The molecule has 0 bridgehead atoms. The highest BCUT2D eigenvalue weighted by molar-refractivity contribution is 6.27. The smallest absolute Gasteiger partial charge is 0.416 e. The lowest BCUT2D eigenvalue weighted by molar-refractivity contribution is -0.159. The molecule has 1 saturated heterocycles. The van der Waals surface area contributed by atoms with Crippen LogP contribution in [0.25, 0.3) is 0 Å². The molecule has 2 aromatic rings. The van der Waals surface area contributed by atoms with E-state index in [4.69, 9.17) is 24.5 Å². The van der Waals surface area contributed by atoms with Crippen molar-refractivity contribution < 1.29 is 37.7 Å². The minimum Gasteiger partial charge on any atom is -0.494 e. The number of carboxylic acid groups (broad SMARTS) is 2. The Hall–Kier alpha value is -3.11. The molecule has 10 heteroatoms. The van der Waals surface area contributed by atoms with Gasteiger partial charge in [0.05, 0.1) is 12.2 Å². The molecule has 180 valence electrons. The van der Waals surface area contributed by atoms with Gasteiger partial charge in [-0.1, -0.05) is 30.3 Å². The van der Waals surface area contributed by atoms with Crippen molar-refractivity contribution in [1.82, 2.24) is 9.80 Å². The molecular weight excluding hydrogens is 441 g/mol. The number of rotatable bonds is 6. The van der Waals surface area contributed by atoms with Crippen LogP contribution in [0.5, 0.6) is 5.75 Å². The molecule has 3 rings (SSSR count). The van der Waals surface area contributed by atoms with Crippen molar-refractivity contribution in [2.45, 2.75) is 26.2 Å². The first kappa shape index (κ1) is 26.1. The normalized spacial score (nSPS) is 14.8. The van der Waals surface area contributed by atoms with Gasteiger partial charge < -0.3 is 14.9 Å². The second kappa shape index (κ2) is 12.2. The summed E-state index contributed by atoms with van der Waals surface area (Å²) in [5.41, 5.74) is 1.04. The van der Waals surface area contributed by atoms with Crippen molar-refractivity contribution in [1.29, 1.82) is 0 Å². The van der Waals surface area contributed by atoms with Gasteiger partial charge in [0.2, 0.25) is 0 Å². The van der Waals surface area contributed by atoms with Crippen molar-refractivity contribution in [3.05, 3.63) is 65.2 Å². The van der Waals surface area contributed by atoms with Crippen molar-refractivity contribution >= 4 is 11.9 Å². The lowest BCUT2D eigenvalue weighted by Crippen LogP contribution is -2.45. The van der Waals surface area contributed by atoms with Crippen LogP contribution in [0, 0.1) is 0 Å². The van der Waals surface area contributed by atoms with Crippen LogP contribution in [0.4, 0.5) is 13.2 Å². The number of benzene rings is 2. The summed E-state index contributed by atoms with van der Waals surface area (Å²) in [4.78, 5) is 22.6. The Balaban J connectivity index is 0.000000569. The molecule has 1 aliphatic heterocycles. The van der Waals surface area contributed by atoms with E-state index in [9.17, 15) is 13.2 Å². The zero-order valence-corrected chi connectivity index (χ0v) is 18.2. The summed E-state index contributed by atoms with van der Waals surface area (Å²) in [5.74, 6) is -2.78. The molecule has 0 aromatic heterocycles. The largest absolute Gasteiger partial charge is 0.494 e. The van der Waals surface area contributed by atoms with Crippen molar-refractivity contribution in [3.8, 4) is 5.75 Å². The molecule has 0 aliphatic carbocycles. The number of carboxylic acids is 2. The van der Waals surface area contributed by atoms with E-state index in [0.717, 1.165) is 44.5 Å². The standard InChI is InChI=1S/C21H25F3N2O.C2H2O4/c1-2-27-19-9-7-17(8-10-19)15-25-11-13-26(14-12-25)16-18-5-3-4-6-20(18)21(22,23)24;3-1(4)2(5)6/h3-10H,2,11-16H2,1H3;(H,3,4)(H,5,6). The van der Waals surface area contributed by atoms with Crippen LogP contribution in [0.1, 0.15) is 23.6 Å². The second-order valence-corrected chi connectivity index (χ2v) is 7.39. The lowest BCUT2D eigenvalue weighted by Gasteiger charge is -2.35. The van der Waals surface area contributed by atoms with Gasteiger partial charge in [-0.2, -0.15) is 13.2 Å². The number of ether oxygens (including phenoxy) is 1. The van der Waals surface area contributed by atoms with Crippen molar-refractivity contribution in [2.75, 3.05) is 32.8 Å². The van der Waals surface area contributed by atoms with Crippen molar-refractivity contribution in [2.24, 2.45) is 0 Å². The van der Waals surface area contributed by atoms with Gasteiger partial charge in [-0.25, -0.2) is 9.59 Å². The van der Waals surface area contributed by atoms with Gasteiger partial charge in [0.15, 0.2) is 0 Å². The third kappa shape index (κ3) is 8.74. The Bertz CT molecular complexity index is 899. The summed E-state index contributed by atoms with van der Waals surface area (Å²) >= 11 is 0. The van der Waals surface area contributed by atoms with Gasteiger partial charge in [0.25, 0.3) is 0 Å². The van der Waals surface area contributed by atoms with E-state index in [2.05, 4.69) is 21.9 Å². The quantitative estimate of drug-likeness (QED) is 0.627. The maximum Gasteiger partial charge on any atom is 0.416 e. The fraction of sp³-hybridized carbons (Fsp3) is 0.391. The number of aliphatic carboxylic acids is 2. The van der Waals surface area contributed by atoms with E-state index in [0.29, 0.717) is 18.7 Å². The maximum absolute atomic E-state index is 13.1. The SMILES string of the molecule is CCOc1ccc(CN2CCN(Cc3ccccc3C(F)(F)F)CC2)cc1.O=C(O)C(=O)O. The molecule has 0 atom stereocenters. The van der Waals surface area contributed by atoms with Gasteiger partial charge >= 0.3 is 18.1 Å².